The van der Waals surface area contributed by atoms with Crippen LogP contribution in [0, 0.1) is 6.92 Å². The highest BCUT2D eigenvalue weighted by Crippen LogP contribution is 2.20. The van der Waals surface area contributed by atoms with Gasteiger partial charge in [-0.25, -0.2) is 0 Å². The minimum absolute atomic E-state index is 0.0468. The summed E-state index contributed by atoms with van der Waals surface area (Å²) in [7, 11) is -0.916. The third-order valence-electron chi connectivity index (χ3n) is 3.78. The van der Waals surface area contributed by atoms with Crippen LogP contribution in [-0.4, -0.2) is 23.0 Å². The molecule has 0 bridgehead atoms. The van der Waals surface area contributed by atoms with Gasteiger partial charge in [0.2, 0.25) is 0 Å². The highest BCUT2D eigenvalue weighted by atomic mass is 32.2. The van der Waals surface area contributed by atoms with Gasteiger partial charge in [-0.3, -0.25) is 9.00 Å². The molecule has 5 heteroatoms. The smallest absolute Gasteiger partial charge is 0.262 e. The van der Waals surface area contributed by atoms with Gasteiger partial charge in [-0.1, -0.05) is 31.2 Å². The Hall–Kier alpha value is -2.14. The van der Waals surface area contributed by atoms with E-state index in [1.54, 1.807) is 6.26 Å². The molecule has 0 spiro atoms. The molecule has 128 valence electrons. The van der Waals surface area contributed by atoms with Crippen LogP contribution >= 0.6 is 0 Å². The fraction of sp³-hybridized carbons (Fsp3) is 0.316. The van der Waals surface area contributed by atoms with E-state index in [-0.39, 0.29) is 12.5 Å². The number of hydrogen-bond donors (Lipinski definition) is 1. The number of hydrogen-bond acceptors (Lipinski definition) is 3. The van der Waals surface area contributed by atoms with E-state index < -0.39 is 10.8 Å². The lowest BCUT2D eigenvalue weighted by atomic mass is 10.1. The second-order valence-corrected chi connectivity index (χ2v) is 7.08. The molecule has 0 aliphatic rings. The molecule has 24 heavy (non-hydrogen) atoms. The van der Waals surface area contributed by atoms with Crippen molar-refractivity contribution in [3.05, 3.63) is 59.2 Å². The Labute approximate surface area is 145 Å². The maximum absolute atomic E-state index is 12.1. The van der Waals surface area contributed by atoms with E-state index >= 15 is 0 Å². The van der Waals surface area contributed by atoms with Crippen LogP contribution in [0.1, 0.15) is 23.6 Å². The average molecular weight is 345 g/mol. The molecule has 1 N–H and O–H groups in total. The lowest BCUT2D eigenvalue weighted by molar-refractivity contribution is -0.118. The van der Waals surface area contributed by atoms with Crippen molar-refractivity contribution in [1.82, 2.24) is 0 Å². The number of benzene rings is 2. The molecular weight excluding hydrogens is 322 g/mol. The summed E-state index contributed by atoms with van der Waals surface area (Å²) in [5, 5.41) is 2.85. The molecule has 0 fully saturated rings. The zero-order valence-corrected chi connectivity index (χ0v) is 15.1. The van der Waals surface area contributed by atoms with E-state index in [0.717, 1.165) is 23.2 Å². The van der Waals surface area contributed by atoms with Gasteiger partial charge in [-0.05, 0) is 48.2 Å². The maximum atomic E-state index is 12.1. The third-order valence-corrected chi connectivity index (χ3v) is 4.50. The first-order valence-corrected chi connectivity index (χ1v) is 9.62. The molecule has 1 atom stereocenters. The molecule has 0 aromatic heterocycles. The van der Waals surface area contributed by atoms with E-state index in [4.69, 9.17) is 4.74 Å². The van der Waals surface area contributed by atoms with E-state index in [1.807, 2.05) is 49.4 Å². The number of nitrogens with one attached hydrogen (secondary N) is 1. The molecule has 1 amide bonds. The molecular formula is C19H23NO3S. The first-order valence-electron chi connectivity index (χ1n) is 7.89. The Morgan fingerprint density at radius 3 is 2.50 bits per heavy atom. The van der Waals surface area contributed by atoms with Gasteiger partial charge in [-0.2, -0.15) is 0 Å². The topological polar surface area (TPSA) is 55.4 Å². The summed E-state index contributed by atoms with van der Waals surface area (Å²) < 4.78 is 16.9. The molecule has 2 aromatic carbocycles. The quantitative estimate of drug-likeness (QED) is 0.836. The van der Waals surface area contributed by atoms with E-state index in [0.29, 0.717) is 11.5 Å². The van der Waals surface area contributed by atoms with Crippen molar-refractivity contribution in [3.63, 3.8) is 0 Å². The second kappa shape index (κ2) is 8.64. The van der Waals surface area contributed by atoms with Crippen LogP contribution in [0.3, 0.4) is 0 Å². The van der Waals surface area contributed by atoms with Crippen molar-refractivity contribution in [3.8, 4) is 5.75 Å². The molecule has 0 radical (unpaired) electrons. The van der Waals surface area contributed by atoms with Crippen molar-refractivity contribution in [1.29, 1.82) is 0 Å². The monoisotopic (exact) mass is 345 g/mol. The minimum Gasteiger partial charge on any atom is -0.484 e. The van der Waals surface area contributed by atoms with Crippen molar-refractivity contribution >= 4 is 22.4 Å². The molecule has 2 rings (SSSR count). The lowest BCUT2D eigenvalue weighted by Gasteiger charge is -2.12. The number of ether oxygens (including phenoxy) is 1. The second-order valence-electron chi connectivity index (χ2n) is 5.64. The van der Waals surface area contributed by atoms with Crippen LogP contribution in [0.4, 0.5) is 5.69 Å². The standard InChI is InChI=1S/C19H23NO3S/c1-4-15-8-10-17(11-9-15)23-12-19(21)20-18-7-5-6-16(14(18)2)13-24(3)22/h5-11H,4,12-13H2,1-3H3,(H,20,21). The zero-order valence-electron chi connectivity index (χ0n) is 14.3. The summed E-state index contributed by atoms with van der Waals surface area (Å²) in [6.45, 7) is 3.96. The van der Waals surface area contributed by atoms with Gasteiger partial charge in [0.1, 0.15) is 5.75 Å². The first-order chi connectivity index (χ1) is 11.5. The van der Waals surface area contributed by atoms with E-state index in [2.05, 4.69) is 12.2 Å². The maximum Gasteiger partial charge on any atom is 0.262 e. The molecule has 0 saturated carbocycles. The fourth-order valence-electron chi connectivity index (χ4n) is 2.35. The SMILES string of the molecule is CCc1ccc(OCC(=O)Nc2cccc(CS(C)=O)c2C)cc1. The van der Waals surface area contributed by atoms with Crippen LogP contribution in [0.25, 0.3) is 0 Å². The number of carbonyl (C=O) groups excluding carboxylic acids is 1. The van der Waals surface area contributed by atoms with Gasteiger partial charge in [-0.15, -0.1) is 0 Å². The highest BCUT2D eigenvalue weighted by Gasteiger charge is 2.09. The minimum atomic E-state index is -0.916. The number of aryl methyl sites for hydroxylation is 1. The summed E-state index contributed by atoms with van der Waals surface area (Å²) in [6, 6.07) is 13.3. The molecule has 4 nitrogen and oxygen atoms in total. The Balaban J connectivity index is 1.95. The third kappa shape index (κ3) is 5.20. The molecule has 1 unspecified atom stereocenters. The largest absolute Gasteiger partial charge is 0.484 e. The lowest BCUT2D eigenvalue weighted by Crippen LogP contribution is -2.21. The van der Waals surface area contributed by atoms with E-state index in [1.165, 1.54) is 5.56 Å². The van der Waals surface area contributed by atoms with Gasteiger partial charge in [0.25, 0.3) is 5.91 Å². The Kier molecular flexibility index (Phi) is 6.55. The van der Waals surface area contributed by atoms with E-state index in [9.17, 15) is 9.00 Å². The Morgan fingerprint density at radius 2 is 1.88 bits per heavy atom. The van der Waals surface area contributed by atoms with Crippen LogP contribution in [0.5, 0.6) is 5.75 Å². The summed E-state index contributed by atoms with van der Waals surface area (Å²) in [5.41, 5.74) is 3.87. The van der Waals surface area contributed by atoms with Crippen molar-refractivity contribution < 1.29 is 13.7 Å². The number of carbonyl (C=O) groups is 1. The van der Waals surface area contributed by atoms with Crippen molar-refractivity contribution in [2.45, 2.75) is 26.0 Å². The van der Waals surface area contributed by atoms with Gasteiger partial charge in [0, 0.05) is 28.5 Å². The summed E-state index contributed by atoms with van der Waals surface area (Å²) in [4.78, 5) is 12.1. The predicted molar refractivity (Wildman–Crippen MR) is 98.9 cm³/mol. The first kappa shape index (κ1) is 18.2. The van der Waals surface area contributed by atoms with Crippen LogP contribution in [0.2, 0.25) is 0 Å². The zero-order chi connectivity index (χ0) is 17.5. The molecule has 0 saturated heterocycles. The Morgan fingerprint density at radius 1 is 1.17 bits per heavy atom. The molecule has 0 aliphatic heterocycles. The summed E-state index contributed by atoms with van der Waals surface area (Å²) >= 11 is 0. The van der Waals surface area contributed by atoms with Crippen molar-refractivity contribution in [2.24, 2.45) is 0 Å². The van der Waals surface area contributed by atoms with Crippen molar-refractivity contribution in [2.75, 3.05) is 18.2 Å². The predicted octanol–water partition coefficient (Wildman–Crippen LogP) is 3.45. The van der Waals surface area contributed by atoms with Gasteiger partial charge in [0.05, 0.1) is 0 Å². The number of amides is 1. The normalized spacial score (nSPS) is 11.8. The molecule has 0 heterocycles. The highest BCUT2D eigenvalue weighted by molar-refractivity contribution is 7.83. The Bertz CT molecular complexity index is 726. The average Bonchev–Trinajstić information content (AvgIpc) is 2.56. The van der Waals surface area contributed by atoms with Crippen LogP contribution < -0.4 is 10.1 Å². The van der Waals surface area contributed by atoms with Gasteiger partial charge in [0.15, 0.2) is 6.61 Å². The van der Waals surface area contributed by atoms with Crippen LogP contribution in [-0.2, 0) is 27.8 Å². The summed E-state index contributed by atoms with van der Waals surface area (Å²) in [5.74, 6) is 0.942. The van der Waals surface area contributed by atoms with Gasteiger partial charge < -0.3 is 10.1 Å². The van der Waals surface area contributed by atoms with Gasteiger partial charge >= 0.3 is 0 Å². The molecule has 0 aliphatic carbocycles. The number of rotatable bonds is 7. The van der Waals surface area contributed by atoms with Crippen LogP contribution in [0.15, 0.2) is 42.5 Å². The fourth-order valence-corrected chi connectivity index (χ4v) is 3.10. The number of anilines is 1. The molecule has 2 aromatic rings. The summed E-state index contributed by atoms with van der Waals surface area (Å²) in [6.07, 6.45) is 2.64.